The van der Waals surface area contributed by atoms with Gasteiger partial charge in [-0.3, -0.25) is 9.69 Å². The van der Waals surface area contributed by atoms with Crippen LogP contribution >= 0.6 is 11.8 Å². The Morgan fingerprint density at radius 3 is 2.36 bits per heavy atom. The van der Waals surface area contributed by atoms with Gasteiger partial charge in [-0.05, 0) is 53.7 Å². The number of benzene rings is 2. The van der Waals surface area contributed by atoms with Crippen LogP contribution in [0.1, 0.15) is 26.3 Å². The number of likely N-dealkylation sites (N-methyl/N-ethyl adjacent to an activating group) is 1. The summed E-state index contributed by atoms with van der Waals surface area (Å²) in [5.74, 6) is -2.80. The zero-order chi connectivity index (χ0) is 20.4. The quantitative estimate of drug-likeness (QED) is 0.676. The van der Waals surface area contributed by atoms with Crippen molar-refractivity contribution in [1.29, 1.82) is 0 Å². The summed E-state index contributed by atoms with van der Waals surface area (Å²) in [5, 5.41) is 28.0. The normalized spacial score (nSPS) is 16.8. The predicted molar refractivity (Wildman–Crippen MR) is 104 cm³/mol. The van der Waals surface area contributed by atoms with Gasteiger partial charge in [0.05, 0.1) is 21.7 Å². The Labute approximate surface area is 163 Å². The van der Waals surface area contributed by atoms with Crippen molar-refractivity contribution in [3.05, 3.63) is 64.1 Å². The number of phenolic OH excluding ortho intramolecular Hbond substituents is 1. The van der Waals surface area contributed by atoms with Crippen LogP contribution in [0.4, 0.5) is 5.69 Å². The van der Waals surface area contributed by atoms with E-state index < -0.39 is 11.9 Å². The molecule has 0 atom stereocenters. The first-order valence-electron chi connectivity index (χ1n) is 7.92. The maximum Gasteiger partial charge on any atom is 0.338 e. The van der Waals surface area contributed by atoms with Crippen LogP contribution in [0.3, 0.4) is 0 Å². The van der Waals surface area contributed by atoms with Crippen LogP contribution in [0.5, 0.6) is 5.75 Å². The van der Waals surface area contributed by atoms with Gasteiger partial charge in [-0.15, -0.1) is 0 Å². The van der Waals surface area contributed by atoms with Gasteiger partial charge < -0.3 is 15.3 Å². The van der Waals surface area contributed by atoms with E-state index in [4.69, 9.17) is 5.11 Å². The van der Waals surface area contributed by atoms with Crippen LogP contribution in [0.25, 0.3) is 6.08 Å². The molecule has 0 saturated carbocycles. The van der Waals surface area contributed by atoms with Gasteiger partial charge in [-0.25, -0.2) is 14.6 Å². The van der Waals surface area contributed by atoms with E-state index in [1.807, 2.05) is 0 Å². The molecule has 0 aliphatic carbocycles. The second kappa shape index (κ2) is 7.57. The van der Waals surface area contributed by atoms with Gasteiger partial charge in [-0.1, -0.05) is 12.1 Å². The Morgan fingerprint density at radius 1 is 1.07 bits per heavy atom. The number of carboxylic acids is 2. The molecule has 8 nitrogen and oxygen atoms in total. The average molecular weight is 398 g/mol. The Bertz CT molecular complexity index is 1040. The standard InChI is InChI=1S/C19H14N2O6S/c1-21-16(23)15(8-10-2-4-11(5-3-10)17(24)25)28-19(21)20-14-7-6-12(22)9-13(14)18(26)27/h2-9,22H,1H3,(H,24,25)(H,26,27)/b15-8-,20-19?. The maximum absolute atomic E-state index is 12.5. The van der Waals surface area contributed by atoms with E-state index in [9.17, 15) is 24.6 Å². The molecule has 142 valence electrons. The smallest absolute Gasteiger partial charge is 0.338 e. The van der Waals surface area contributed by atoms with Crippen LogP contribution < -0.4 is 0 Å². The van der Waals surface area contributed by atoms with Crippen molar-refractivity contribution in [3.63, 3.8) is 0 Å². The molecule has 1 aliphatic heterocycles. The van der Waals surface area contributed by atoms with Crippen LogP contribution in [-0.2, 0) is 4.79 Å². The summed E-state index contributed by atoms with van der Waals surface area (Å²) >= 11 is 1.07. The molecule has 0 unspecified atom stereocenters. The summed E-state index contributed by atoms with van der Waals surface area (Å²) < 4.78 is 0. The number of carboxylic acid groups (broad SMARTS) is 2. The molecule has 1 saturated heterocycles. The second-order valence-electron chi connectivity index (χ2n) is 5.80. The predicted octanol–water partition coefficient (Wildman–Crippen LogP) is 3.02. The molecule has 0 aromatic heterocycles. The third-order valence-electron chi connectivity index (χ3n) is 3.89. The zero-order valence-corrected chi connectivity index (χ0v) is 15.3. The van der Waals surface area contributed by atoms with Gasteiger partial charge in [0.1, 0.15) is 5.75 Å². The zero-order valence-electron chi connectivity index (χ0n) is 14.5. The first-order chi connectivity index (χ1) is 13.3. The largest absolute Gasteiger partial charge is 0.508 e. The Morgan fingerprint density at radius 2 is 1.75 bits per heavy atom. The van der Waals surface area contributed by atoms with Crippen molar-refractivity contribution in [2.24, 2.45) is 4.99 Å². The van der Waals surface area contributed by atoms with Crippen molar-refractivity contribution in [3.8, 4) is 5.75 Å². The molecular formula is C19H14N2O6S. The van der Waals surface area contributed by atoms with Gasteiger partial charge in [0.2, 0.25) is 0 Å². The fourth-order valence-corrected chi connectivity index (χ4v) is 3.40. The van der Waals surface area contributed by atoms with Crippen LogP contribution in [0.15, 0.2) is 52.4 Å². The van der Waals surface area contributed by atoms with Gasteiger partial charge in [0.25, 0.3) is 5.91 Å². The van der Waals surface area contributed by atoms with E-state index in [0.717, 1.165) is 17.8 Å². The lowest BCUT2D eigenvalue weighted by atomic mass is 10.1. The molecule has 3 rings (SSSR count). The number of amidine groups is 1. The highest BCUT2D eigenvalue weighted by Crippen LogP contribution is 2.34. The number of carbonyl (C=O) groups is 3. The monoisotopic (exact) mass is 398 g/mol. The Hall–Kier alpha value is -3.59. The number of aromatic hydroxyl groups is 1. The summed E-state index contributed by atoms with van der Waals surface area (Å²) in [6.07, 6.45) is 1.60. The molecule has 1 heterocycles. The summed E-state index contributed by atoms with van der Waals surface area (Å²) in [5.41, 5.74) is 0.710. The number of phenols is 1. The maximum atomic E-state index is 12.5. The number of amides is 1. The molecule has 0 radical (unpaired) electrons. The van der Waals surface area contributed by atoms with Gasteiger partial charge in [0, 0.05) is 7.05 Å². The second-order valence-corrected chi connectivity index (χ2v) is 6.81. The minimum absolute atomic E-state index is 0.111. The molecule has 0 spiro atoms. The third-order valence-corrected chi connectivity index (χ3v) is 4.95. The molecule has 3 N–H and O–H groups in total. The van der Waals surface area contributed by atoms with Crippen molar-refractivity contribution < 1.29 is 29.7 Å². The van der Waals surface area contributed by atoms with Crippen molar-refractivity contribution in [1.82, 2.24) is 4.90 Å². The molecule has 1 amide bonds. The van der Waals surface area contributed by atoms with Gasteiger partial charge in [-0.2, -0.15) is 0 Å². The van der Waals surface area contributed by atoms with Crippen LogP contribution in [-0.4, -0.2) is 50.3 Å². The van der Waals surface area contributed by atoms with Crippen molar-refractivity contribution >= 4 is 46.5 Å². The third kappa shape index (κ3) is 3.89. The van der Waals surface area contributed by atoms with Crippen molar-refractivity contribution in [2.75, 3.05) is 7.05 Å². The van der Waals surface area contributed by atoms with Crippen LogP contribution in [0, 0.1) is 0 Å². The molecule has 2 aromatic carbocycles. The molecule has 1 fully saturated rings. The highest BCUT2D eigenvalue weighted by atomic mass is 32.2. The molecular weight excluding hydrogens is 384 g/mol. The minimum Gasteiger partial charge on any atom is -0.508 e. The molecule has 2 aromatic rings. The summed E-state index contributed by atoms with van der Waals surface area (Å²) in [4.78, 5) is 40.6. The van der Waals surface area contributed by atoms with Crippen molar-refractivity contribution in [2.45, 2.75) is 0 Å². The number of nitrogens with zero attached hydrogens (tertiary/aromatic N) is 2. The first-order valence-corrected chi connectivity index (χ1v) is 8.74. The van der Waals surface area contributed by atoms with E-state index in [0.29, 0.717) is 10.5 Å². The SMILES string of the molecule is CN1C(=O)/C(=C/c2ccc(C(=O)O)cc2)SC1=Nc1ccc(O)cc1C(=O)O. The topological polar surface area (TPSA) is 128 Å². The average Bonchev–Trinajstić information content (AvgIpc) is 2.91. The number of rotatable bonds is 4. The number of hydrogen-bond donors (Lipinski definition) is 3. The summed E-state index contributed by atoms with van der Waals surface area (Å²) in [7, 11) is 1.52. The summed E-state index contributed by atoms with van der Waals surface area (Å²) in [6.45, 7) is 0. The Balaban J connectivity index is 1.92. The lowest BCUT2D eigenvalue weighted by Crippen LogP contribution is -2.23. The number of aliphatic imine (C=N–C) groups is 1. The number of aromatic carboxylic acids is 2. The molecule has 0 bridgehead atoms. The fraction of sp³-hybridized carbons (Fsp3) is 0.0526. The number of carbonyl (C=O) groups excluding carboxylic acids is 1. The van der Waals surface area contributed by atoms with Gasteiger partial charge >= 0.3 is 11.9 Å². The van der Waals surface area contributed by atoms with E-state index in [2.05, 4.69) is 4.99 Å². The fourth-order valence-electron chi connectivity index (χ4n) is 2.42. The first kappa shape index (κ1) is 19.2. The number of thioether (sulfide) groups is 1. The molecule has 28 heavy (non-hydrogen) atoms. The minimum atomic E-state index is -1.25. The highest BCUT2D eigenvalue weighted by molar-refractivity contribution is 8.18. The molecule has 9 heteroatoms. The van der Waals surface area contributed by atoms with Gasteiger partial charge in [0.15, 0.2) is 5.17 Å². The molecule has 1 aliphatic rings. The van der Waals surface area contributed by atoms with E-state index in [-0.39, 0.29) is 33.6 Å². The van der Waals surface area contributed by atoms with Crippen LogP contribution in [0.2, 0.25) is 0 Å². The lowest BCUT2D eigenvalue weighted by Gasteiger charge is -2.08. The van der Waals surface area contributed by atoms with E-state index in [1.54, 1.807) is 18.2 Å². The Kier molecular flexibility index (Phi) is 5.18. The van der Waals surface area contributed by atoms with E-state index >= 15 is 0 Å². The lowest BCUT2D eigenvalue weighted by molar-refractivity contribution is -0.121. The number of hydrogen-bond acceptors (Lipinski definition) is 6. The summed E-state index contributed by atoms with van der Waals surface area (Å²) in [6, 6.07) is 9.80. The highest BCUT2D eigenvalue weighted by Gasteiger charge is 2.30. The van der Waals surface area contributed by atoms with E-state index in [1.165, 1.54) is 36.2 Å².